The van der Waals surface area contributed by atoms with Crippen molar-refractivity contribution in [3.8, 4) is 5.69 Å². The monoisotopic (exact) mass is 442 g/mol. The van der Waals surface area contributed by atoms with Crippen LogP contribution in [0.15, 0.2) is 65.6 Å². The summed E-state index contributed by atoms with van der Waals surface area (Å²) in [5.41, 5.74) is 2.03. The Morgan fingerprint density at radius 1 is 0.968 bits per heavy atom. The number of hydrogen-bond donors (Lipinski definition) is 0. The van der Waals surface area contributed by atoms with Crippen molar-refractivity contribution in [3.05, 3.63) is 77.9 Å². The van der Waals surface area contributed by atoms with Gasteiger partial charge in [0.2, 0.25) is 10.0 Å². The van der Waals surface area contributed by atoms with Gasteiger partial charge in [0, 0.05) is 31.9 Å². The highest BCUT2D eigenvalue weighted by Gasteiger charge is 2.29. The van der Waals surface area contributed by atoms with Crippen LogP contribution in [0.3, 0.4) is 0 Å². The second-order valence-electron chi connectivity index (χ2n) is 7.42. The fourth-order valence-corrected chi connectivity index (χ4v) is 5.13. The maximum Gasteiger partial charge on any atom is 0.274 e. The number of carbonyl (C=O) groups excluding carboxylic acids is 1. The van der Waals surface area contributed by atoms with Gasteiger partial charge in [0.25, 0.3) is 5.91 Å². The summed E-state index contributed by atoms with van der Waals surface area (Å²) in [6.45, 7) is 3.04. The fraction of sp³-hybridized carbons (Fsp3) is 0.273. The number of rotatable bonds is 4. The molecule has 0 radical (unpaired) electrons. The molecule has 0 atom stereocenters. The zero-order chi connectivity index (χ0) is 22.0. The highest BCUT2D eigenvalue weighted by molar-refractivity contribution is 7.89. The zero-order valence-electron chi connectivity index (χ0n) is 17.1. The molecule has 2 heterocycles. The minimum absolute atomic E-state index is 0.0471. The molecular formula is C22H23FN4O3S. The van der Waals surface area contributed by atoms with Gasteiger partial charge in [-0.2, -0.15) is 9.40 Å². The first kappa shape index (κ1) is 21.2. The van der Waals surface area contributed by atoms with Gasteiger partial charge in [-0.25, -0.2) is 17.5 Å². The van der Waals surface area contributed by atoms with E-state index in [1.54, 1.807) is 15.6 Å². The van der Waals surface area contributed by atoms with Crippen LogP contribution in [0, 0.1) is 12.7 Å². The molecule has 1 aromatic heterocycles. The lowest BCUT2D eigenvalue weighted by molar-refractivity contribution is 0.0758. The zero-order valence-corrected chi connectivity index (χ0v) is 17.9. The summed E-state index contributed by atoms with van der Waals surface area (Å²) in [4.78, 5) is 14.7. The molecule has 1 amide bonds. The molecule has 0 unspecified atom stereocenters. The predicted octanol–water partition coefficient (Wildman–Crippen LogP) is 2.86. The first-order valence-corrected chi connectivity index (χ1v) is 11.5. The maximum atomic E-state index is 13.2. The number of nitrogens with zero attached hydrogens (tertiary/aromatic N) is 4. The summed E-state index contributed by atoms with van der Waals surface area (Å²) < 4.78 is 42.0. The molecule has 31 heavy (non-hydrogen) atoms. The van der Waals surface area contributed by atoms with E-state index in [9.17, 15) is 17.6 Å². The van der Waals surface area contributed by atoms with Crippen molar-refractivity contribution in [2.24, 2.45) is 0 Å². The highest BCUT2D eigenvalue weighted by atomic mass is 32.2. The summed E-state index contributed by atoms with van der Waals surface area (Å²) in [6, 6.07) is 16.1. The van der Waals surface area contributed by atoms with Crippen LogP contribution in [0.1, 0.15) is 22.6 Å². The SMILES string of the molecule is Cc1cc(C(=O)N2CCCN(S(=O)(=O)c3ccc(F)cc3)CC2)nn1-c1ccccc1. The molecule has 0 saturated carbocycles. The van der Waals surface area contributed by atoms with Crippen LogP contribution in [0.2, 0.25) is 0 Å². The highest BCUT2D eigenvalue weighted by Crippen LogP contribution is 2.19. The van der Waals surface area contributed by atoms with Crippen LogP contribution < -0.4 is 0 Å². The number of halogens is 1. The molecule has 1 aliphatic heterocycles. The lowest BCUT2D eigenvalue weighted by Crippen LogP contribution is -2.37. The van der Waals surface area contributed by atoms with Crippen LogP contribution in [-0.4, -0.2) is 59.5 Å². The van der Waals surface area contributed by atoms with Gasteiger partial charge in [0.05, 0.1) is 10.6 Å². The molecule has 2 aromatic carbocycles. The molecule has 0 N–H and O–H groups in total. The summed E-state index contributed by atoms with van der Waals surface area (Å²) in [5, 5.41) is 4.47. The van der Waals surface area contributed by atoms with Gasteiger partial charge >= 0.3 is 0 Å². The van der Waals surface area contributed by atoms with Crippen molar-refractivity contribution in [2.75, 3.05) is 26.2 Å². The van der Waals surface area contributed by atoms with E-state index in [-0.39, 0.29) is 23.9 Å². The molecule has 162 valence electrons. The summed E-state index contributed by atoms with van der Waals surface area (Å²) in [7, 11) is -3.75. The van der Waals surface area contributed by atoms with Gasteiger partial charge in [-0.3, -0.25) is 4.79 Å². The van der Waals surface area contributed by atoms with E-state index in [1.165, 1.54) is 16.4 Å². The number of benzene rings is 2. The van der Waals surface area contributed by atoms with E-state index >= 15 is 0 Å². The van der Waals surface area contributed by atoms with Crippen LogP contribution >= 0.6 is 0 Å². The Kier molecular flexibility index (Phi) is 5.88. The van der Waals surface area contributed by atoms with E-state index in [2.05, 4.69) is 5.10 Å². The molecule has 7 nitrogen and oxygen atoms in total. The first-order valence-electron chi connectivity index (χ1n) is 10.0. The van der Waals surface area contributed by atoms with Gasteiger partial charge in [0.1, 0.15) is 5.82 Å². The van der Waals surface area contributed by atoms with Crippen molar-refractivity contribution in [1.82, 2.24) is 19.0 Å². The van der Waals surface area contributed by atoms with Crippen molar-refractivity contribution in [1.29, 1.82) is 0 Å². The van der Waals surface area contributed by atoms with Gasteiger partial charge in [-0.1, -0.05) is 18.2 Å². The van der Waals surface area contributed by atoms with Crippen molar-refractivity contribution < 1.29 is 17.6 Å². The molecule has 0 aliphatic carbocycles. The van der Waals surface area contributed by atoms with E-state index < -0.39 is 15.8 Å². The summed E-state index contributed by atoms with van der Waals surface area (Å²) >= 11 is 0. The third kappa shape index (κ3) is 4.38. The number of carbonyl (C=O) groups is 1. The third-order valence-corrected chi connectivity index (χ3v) is 7.21. The van der Waals surface area contributed by atoms with Crippen molar-refractivity contribution in [2.45, 2.75) is 18.2 Å². The Morgan fingerprint density at radius 3 is 2.39 bits per heavy atom. The summed E-state index contributed by atoms with van der Waals surface area (Å²) in [5.74, 6) is -0.712. The van der Waals surface area contributed by atoms with Crippen LogP contribution in [0.5, 0.6) is 0 Å². The van der Waals surface area contributed by atoms with Gasteiger partial charge in [-0.05, 0) is 55.8 Å². The predicted molar refractivity (Wildman–Crippen MR) is 114 cm³/mol. The van der Waals surface area contributed by atoms with E-state index in [1.807, 2.05) is 37.3 Å². The smallest absolute Gasteiger partial charge is 0.274 e. The Morgan fingerprint density at radius 2 is 1.68 bits per heavy atom. The van der Waals surface area contributed by atoms with Crippen molar-refractivity contribution in [3.63, 3.8) is 0 Å². The molecule has 1 aliphatic rings. The van der Waals surface area contributed by atoms with E-state index in [4.69, 9.17) is 0 Å². The number of aryl methyl sites for hydroxylation is 1. The van der Waals surface area contributed by atoms with Crippen LogP contribution in [0.4, 0.5) is 4.39 Å². The van der Waals surface area contributed by atoms with Gasteiger partial charge < -0.3 is 4.90 Å². The average molecular weight is 443 g/mol. The molecule has 1 saturated heterocycles. The molecular weight excluding hydrogens is 419 g/mol. The third-order valence-electron chi connectivity index (χ3n) is 5.30. The van der Waals surface area contributed by atoms with Gasteiger partial charge in [-0.15, -0.1) is 0 Å². The van der Waals surface area contributed by atoms with Crippen molar-refractivity contribution >= 4 is 15.9 Å². The Labute approximate surface area is 180 Å². The second-order valence-corrected chi connectivity index (χ2v) is 9.36. The number of hydrogen-bond acceptors (Lipinski definition) is 4. The van der Waals surface area contributed by atoms with Crippen LogP contribution in [-0.2, 0) is 10.0 Å². The number of amides is 1. The van der Waals surface area contributed by atoms with Gasteiger partial charge in [0.15, 0.2) is 5.69 Å². The lowest BCUT2D eigenvalue weighted by Gasteiger charge is -2.21. The quantitative estimate of drug-likeness (QED) is 0.623. The molecule has 3 aromatic rings. The second kappa shape index (κ2) is 8.60. The number of sulfonamides is 1. The Hall–Kier alpha value is -3.04. The molecule has 0 spiro atoms. The minimum Gasteiger partial charge on any atom is -0.336 e. The van der Waals surface area contributed by atoms with E-state index in [0.29, 0.717) is 25.2 Å². The molecule has 4 rings (SSSR count). The standard InChI is InChI=1S/C22H23FN4O3S/c1-17-16-21(24-27(17)19-6-3-2-4-7-19)22(28)25-12-5-13-26(15-14-25)31(29,30)20-10-8-18(23)9-11-20/h2-4,6-11,16H,5,12-15H2,1H3. The largest absolute Gasteiger partial charge is 0.336 e. The summed E-state index contributed by atoms with van der Waals surface area (Å²) in [6.07, 6.45) is 0.505. The lowest BCUT2D eigenvalue weighted by atomic mass is 10.3. The Bertz CT molecular complexity index is 1180. The van der Waals surface area contributed by atoms with Crippen LogP contribution in [0.25, 0.3) is 5.69 Å². The van der Waals surface area contributed by atoms with E-state index in [0.717, 1.165) is 23.5 Å². The Balaban J connectivity index is 1.49. The first-order chi connectivity index (χ1) is 14.9. The molecule has 9 heteroatoms. The molecule has 0 bridgehead atoms. The fourth-order valence-electron chi connectivity index (χ4n) is 3.66. The average Bonchev–Trinajstić information content (AvgIpc) is 2.99. The number of para-hydroxylation sites is 1. The number of aromatic nitrogens is 2. The maximum absolute atomic E-state index is 13.2. The minimum atomic E-state index is -3.75. The normalized spacial score (nSPS) is 15.6. The molecule has 1 fully saturated rings. The topological polar surface area (TPSA) is 75.5 Å².